The Labute approximate surface area is 163 Å². The van der Waals surface area contributed by atoms with E-state index in [9.17, 15) is 13.2 Å². The Hall–Kier alpha value is -2.13. The van der Waals surface area contributed by atoms with Crippen molar-refractivity contribution in [2.24, 2.45) is 0 Å². The van der Waals surface area contributed by atoms with Gasteiger partial charge in [0.1, 0.15) is 5.82 Å². The number of allylic oxidation sites excluding steroid dienone is 1. The van der Waals surface area contributed by atoms with Crippen molar-refractivity contribution in [2.75, 3.05) is 16.8 Å². The van der Waals surface area contributed by atoms with Gasteiger partial charge < -0.3 is 9.88 Å². The molecule has 27 heavy (non-hydrogen) atoms. The summed E-state index contributed by atoms with van der Waals surface area (Å²) in [5.74, 6) is 0.622. The van der Waals surface area contributed by atoms with Crippen LogP contribution in [0.25, 0.3) is 0 Å². The number of anilines is 1. The van der Waals surface area contributed by atoms with E-state index in [1.165, 1.54) is 11.8 Å². The number of thioether (sulfide) groups is 1. The number of para-hydroxylation sites is 1. The first-order valence-corrected chi connectivity index (χ1v) is 11.4. The third-order valence-corrected chi connectivity index (χ3v) is 7.20. The largest absolute Gasteiger partial charge is 0.325 e. The Balaban J connectivity index is 1.74. The van der Waals surface area contributed by atoms with E-state index in [0.717, 1.165) is 5.69 Å². The minimum Gasteiger partial charge on any atom is -0.325 e. The van der Waals surface area contributed by atoms with Gasteiger partial charge in [-0.2, -0.15) is 0 Å². The highest BCUT2D eigenvalue weighted by Crippen LogP contribution is 2.31. The van der Waals surface area contributed by atoms with Crippen LogP contribution in [-0.2, 0) is 21.2 Å². The smallest absolute Gasteiger partial charge is 0.237 e. The average Bonchev–Trinajstić information content (AvgIpc) is 3.19. The number of carbonyl (C=O) groups excluding carboxylic acids is 1. The zero-order valence-electron chi connectivity index (χ0n) is 15.0. The Morgan fingerprint density at radius 1 is 1.41 bits per heavy atom. The number of sulfone groups is 1. The molecule has 0 saturated carbocycles. The van der Waals surface area contributed by atoms with Crippen LogP contribution < -0.4 is 5.32 Å². The fraction of sp³-hybridized carbons (Fsp3) is 0.389. The predicted molar refractivity (Wildman–Crippen MR) is 107 cm³/mol. The van der Waals surface area contributed by atoms with E-state index in [-0.39, 0.29) is 23.3 Å². The number of nitrogens with one attached hydrogen (secondary N) is 1. The van der Waals surface area contributed by atoms with E-state index in [4.69, 9.17) is 0 Å². The lowest BCUT2D eigenvalue weighted by atomic mass is 10.1. The first-order chi connectivity index (χ1) is 12.9. The van der Waals surface area contributed by atoms with Crippen LogP contribution in [-0.4, -0.2) is 45.8 Å². The maximum atomic E-state index is 12.4. The highest BCUT2D eigenvalue weighted by molar-refractivity contribution is 8.00. The first kappa shape index (κ1) is 19.6. The summed E-state index contributed by atoms with van der Waals surface area (Å²) in [4.78, 5) is 12.4. The molecule has 144 valence electrons. The number of aromatic nitrogens is 3. The average molecular weight is 407 g/mol. The van der Waals surface area contributed by atoms with Crippen molar-refractivity contribution in [1.29, 1.82) is 0 Å². The molecule has 3 rings (SSSR count). The third-order valence-electron chi connectivity index (χ3n) is 4.35. The van der Waals surface area contributed by atoms with Gasteiger partial charge in [0.25, 0.3) is 0 Å². The molecule has 0 bridgehead atoms. The van der Waals surface area contributed by atoms with Crippen molar-refractivity contribution in [2.45, 2.75) is 36.2 Å². The molecular formula is C18H22N4O3S2. The maximum absolute atomic E-state index is 12.4. The molecule has 0 aliphatic carbocycles. The summed E-state index contributed by atoms with van der Waals surface area (Å²) >= 11 is 1.30. The lowest BCUT2D eigenvalue weighted by Crippen LogP contribution is -2.23. The van der Waals surface area contributed by atoms with Crippen LogP contribution in [0.5, 0.6) is 0 Å². The van der Waals surface area contributed by atoms with E-state index in [1.807, 2.05) is 34.9 Å². The lowest BCUT2D eigenvalue weighted by Gasteiger charge is -2.14. The van der Waals surface area contributed by atoms with Crippen LogP contribution in [0.15, 0.2) is 48.1 Å². The normalized spacial score (nSPS) is 19.5. The monoisotopic (exact) mass is 406 g/mol. The van der Waals surface area contributed by atoms with E-state index in [1.54, 1.807) is 13.0 Å². The third kappa shape index (κ3) is 4.78. The molecule has 1 aliphatic heterocycles. The van der Waals surface area contributed by atoms with Crippen LogP contribution in [0.2, 0.25) is 0 Å². The topological polar surface area (TPSA) is 93.9 Å². The number of hydrogen-bond acceptors (Lipinski definition) is 6. The zero-order valence-corrected chi connectivity index (χ0v) is 16.7. The van der Waals surface area contributed by atoms with Gasteiger partial charge in [-0.05, 0) is 25.5 Å². The van der Waals surface area contributed by atoms with Crippen LogP contribution in [0.3, 0.4) is 0 Å². The quantitative estimate of drug-likeness (QED) is 0.561. The van der Waals surface area contributed by atoms with Crippen molar-refractivity contribution < 1.29 is 13.2 Å². The summed E-state index contributed by atoms with van der Waals surface area (Å²) in [5, 5.41) is 11.5. The van der Waals surface area contributed by atoms with Gasteiger partial charge >= 0.3 is 0 Å². The summed E-state index contributed by atoms with van der Waals surface area (Å²) in [6.07, 6.45) is 2.27. The molecule has 0 unspecified atom stereocenters. The van der Waals surface area contributed by atoms with Gasteiger partial charge in [-0.15, -0.1) is 16.8 Å². The molecule has 7 nitrogen and oxygen atoms in total. The van der Waals surface area contributed by atoms with Crippen LogP contribution >= 0.6 is 11.8 Å². The van der Waals surface area contributed by atoms with Crippen LogP contribution in [0.4, 0.5) is 5.69 Å². The molecule has 2 aromatic rings. The second-order valence-corrected chi connectivity index (χ2v) is 9.99. The molecule has 1 N–H and O–H groups in total. The Kier molecular flexibility index (Phi) is 6.01. The number of benzene rings is 1. The molecule has 1 aromatic heterocycles. The fourth-order valence-corrected chi connectivity index (χ4v) is 5.57. The van der Waals surface area contributed by atoms with Crippen molar-refractivity contribution in [3.05, 3.63) is 48.8 Å². The van der Waals surface area contributed by atoms with Gasteiger partial charge in [-0.25, -0.2) is 8.42 Å². The van der Waals surface area contributed by atoms with Gasteiger partial charge in [-0.3, -0.25) is 4.79 Å². The molecule has 1 fully saturated rings. The number of hydrogen-bond donors (Lipinski definition) is 1. The second-order valence-electron chi connectivity index (χ2n) is 6.46. The van der Waals surface area contributed by atoms with Crippen molar-refractivity contribution in [3.63, 3.8) is 0 Å². The molecule has 9 heteroatoms. The highest BCUT2D eigenvalue weighted by Gasteiger charge is 2.33. The molecule has 1 aromatic carbocycles. The summed E-state index contributed by atoms with van der Waals surface area (Å²) in [6, 6.07) is 9.25. The minimum atomic E-state index is -3.01. The van der Waals surface area contributed by atoms with Gasteiger partial charge in [0.05, 0.1) is 16.8 Å². The van der Waals surface area contributed by atoms with Crippen LogP contribution in [0.1, 0.15) is 25.1 Å². The standard InChI is InChI=1S/C18H22N4O3S2/c1-3-10-22-16(14-9-11-27(24,25)12-14)20-21-18(22)26-13(2)17(23)19-15-7-5-4-6-8-15/h3-8,13-14H,1,9-12H2,2H3,(H,19,23)/t13-,14+/m1/s1. The Morgan fingerprint density at radius 2 is 2.15 bits per heavy atom. The Morgan fingerprint density at radius 3 is 2.78 bits per heavy atom. The summed E-state index contributed by atoms with van der Waals surface area (Å²) < 4.78 is 25.4. The molecule has 1 amide bonds. The molecular weight excluding hydrogens is 384 g/mol. The second kappa shape index (κ2) is 8.26. The molecule has 2 heterocycles. The van der Waals surface area contributed by atoms with E-state index >= 15 is 0 Å². The SMILES string of the molecule is C=CCn1c(S[C@H](C)C(=O)Nc2ccccc2)nnc1[C@H]1CCS(=O)(=O)C1. The summed E-state index contributed by atoms with van der Waals surface area (Å²) in [6.45, 7) is 6.03. The highest BCUT2D eigenvalue weighted by atomic mass is 32.2. The molecule has 2 atom stereocenters. The van der Waals surface area contributed by atoms with Gasteiger partial charge in [-0.1, -0.05) is 36.0 Å². The van der Waals surface area contributed by atoms with E-state index < -0.39 is 15.1 Å². The van der Waals surface area contributed by atoms with Crippen molar-refractivity contribution >= 4 is 33.2 Å². The zero-order chi connectivity index (χ0) is 19.4. The molecule has 1 saturated heterocycles. The molecule has 0 radical (unpaired) electrons. The predicted octanol–water partition coefficient (Wildman–Crippen LogP) is 2.49. The molecule has 0 spiro atoms. The van der Waals surface area contributed by atoms with Crippen molar-refractivity contribution in [1.82, 2.24) is 14.8 Å². The van der Waals surface area contributed by atoms with Gasteiger partial charge in [0, 0.05) is 18.2 Å². The number of carbonyl (C=O) groups is 1. The molecule has 1 aliphatic rings. The number of amides is 1. The van der Waals surface area contributed by atoms with Gasteiger partial charge in [0.15, 0.2) is 15.0 Å². The number of nitrogens with zero attached hydrogens (tertiary/aromatic N) is 3. The first-order valence-electron chi connectivity index (χ1n) is 8.66. The summed E-state index contributed by atoms with van der Waals surface area (Å²) in [5.41, 5.74) is 0.736. The Bertz CT molecular complexity index is 925. The maximum Gasteiger partial charge on any atom is 0.237 e. The fourth-order valence-electron chi connectivity index (χ4n) is 2.97. The number of rotatable bonds is 7. The van der Waals surface area contributed by atoms with Crippen molar-refractivity contribution in [3.8, 4) is 0 Å². The van der Waals surface area contributed by atoms with E-state index in [2.05, 4.69) is 22.1 Å². The summed E-state index contributed by atoms with van der Waals surface area (Å²) in [7, 11) is -3.01. The van der Waals surface area contributed by atoms with E-state index in [0.29, 0.717) is 23.9 Å². The van der Waals surface area contributed by atoms with Crippen LogP contribution in [0, 0.1) is 0 Å². The lowest BCUT2D eigenvalue weighted by molar-refractivity contribution is -0.115. The minimum absolute atomic E-state index is 0.0942. The van der Waals surface area contributed by atoms with Gasteiger partial charge in [0.2, 0.25) is 5.91 Å².